The van der Waals surface area contributed by atoms with E-state index in [1.807, 2.05) is 0 Å². The molecule has 4 aromatic rings. The number of anilines is 3. The predicted molar refractivity (Wildman–Crippen MR) is 138 cm³/mol. The molecule has 33 heavy (non-hydrogen) atoms. The van der Waals surface area contributed by atoms with E-state index in [0.717, 1.165) is 0 Å². The lowest BCUT2D eigenvalue weighted by Crippen LogP contribution is -2.52. The van der Waals surface area contributed by atoms with Crippen LogP contribution in [0.5, 0.6) is 0 Å². The molecule has 0 saturated heterocycles. The minimum absolute atomic E-state index is 0.148. The summed E-state index contributed by atoms with van der Waals surface area (Å²) in [4.78, 5) is 5.11. The standard InChI is InChI=1S/C29H35N4/c1-20(2)33-25-17-11-9-15-23(25)28(30(33)7)31-22(4)32(27-19-13-12-18-26(27)31)29(5,6)24-16-10-8-14-21(24)3/h8-20,22H,1-7H3/q+1/t22-/m1/s1. The van der Waals surface area contributed by atoms with Crippen molar-refractivity contribution >= 4 is 28.1 Å². The molecule has 1 aliphatic rings. The van der Waals surface area contributed by atoms with Crippen LogP contribution in [0.15, 0.2) is 72.8 Å². The van der Waals surface area contributed by atoms with Crippen LogP contribution in [0.3, 0.4) is 0 Å². The first-order chi connectivity index (χ1) is 15.7. The molecule has 0 radical (unpaired) electrons. The van der Waals surface area contributed by atoms with Gasteiger partial charge in [0.2, 0.25) is 0 Å². The molecule has 1 aliphatic heterocycles. The van der Waals surface area contributed by atoms with Crippen LogP contribution in [0, 0.1) is 6.92 Å². The molecule has 0 unspecified atom stereocenters. The summed E-state index contributed by atoms with van der Waals surface area (Å²) >= 11 is 0. The lowest BCUT2D eigenvalue weighted by Gasteiger charge is -2.41. The Bertz CT molecular complexity index is 1330. The topological polar surface area (TPSA) is 15.3 Å². The molecule has 4 nitrogen and oxygen atoms in total. The SMILES string of the molecule is Cc1ccccc1C(C)(C)N1c2ccccc2N(c2c3ccccc3n(C(C)C)[n+]2C)[C@H]1C. The highest BCUT2D eigenvalue weighted by Crippen LogP contribution is 2.50. The van der Waals surface area contributed by atoms with Crippen molar-refractivity contribution in [3.05, 3.63) is 83.9 Å². The summed E-state index contributed by atoms with van der Waals surface area (Å²) in [5.74, 6) is 1.24. The molecule has 0 saturated carbocycles. The molecule has 0 fully saturated rings. The second kappa shape index (κ2) is 7.65. The van der Waals surface area contributed by atoms with Crippen molar-refractivity contribution in [2.24, 2.45) is 7.05 Å². The zero-order valence-electron chi connectivity index (χ0n) is 20.9. The molecule has 1 atom stereocenters. The van der Waals surface area contributed by atoms with Gasteiger partial charge < -0.3 is 4.90 Å². The fourth-order valence-corrected chi connectivity index (χ4v) is 6.05. The molecule has 3 aromatic carbocycles. The second-order valence-corrected chi connectivity index (χ2v) is 10.0. The van der Waals surface area contributed by atoms with Gasteiger partial charge in [0.1, 0.15) is 7.05 Å². The highest BCUT2D eigenvalue weighted by atomic mass is 15.5. The quantitative estimate of drug-likeness (QED) is 0.333. The van der Waals surface area contributed by atoms with Crippen molar-refractivity contribution in [2.45, 2.75) is 59.3 Å². The summed E-state index contributed by atoms with van der Waals surface area (Å²) in [5.41, 5.74) is 6.32. The van der Waals surface area contributed by atoms with E-state index in [-0.39, 0.29) is 11.7 Å². The van der Waals surface area contributed by atoms with Crippen LogP contribution in [0.2, 0.25) is 0 Å². The highest BCUT2D eigenvalue weighted by molar-refractivity contribution is 5.94. The van der Waals surface area contributed by atoms with Gasteiger partial charge in [-0.05, 0) is 76.9 Å². The summed E-state index contributed by atoms with van der Waals surface area (Å²) < 4.78 is 4.74. The van der Waals surface area contributed by atoms with Gasteiger partial charge in [-0.3, -0.25) is 0 Å². The van der Waals surface area contributed by atoms with E-state index < -0.39 is 0 Å². The maximum atomic E-state index is 2.59. The van der Waals surface area contributed by atoms with Gasteiger partial charge in [0.25, 0.3) is 0 Å². The van der Waals surface area contributed by atoms with Gasteiger partial charge in [0.15, 0.2) is 11.9 Å². The third kappa shape index (κ3) is 3.07. The van der Waals surface area contributed by atoms with Crippen LogP contribution in [0.1, 0.15) is 51.8 Å². The zero-order chi connectivity index (χ0) is 23.5. The normalized spacial score (nSPS) is 16.2. The number of para-hydroxylation sites is 3. The van der Waals surface area contributed by atoms with Gasteiger partial charge >= 0.3 is 5.82 Å². The van der Waals surface area contributed by atoms with Crippen LogP contribution in [0.25, 0.3) is 10.9 Å². The van der Waals surface area contributed by atoms with E-state index in [0.29, 0.717) is 6.04 Å². The molecule has 5 rings (SSSR count). The van der Waals surface area contributed by atoms with Crippen LogP contribution in [0.4, 0.5) is 17.2 Å². The molecular weight excluding hydrogens is 404 g/mol. The summed E-state index contributed by atoms with van der Waals surface area (Å²) in [6.07, 6.45) is 0.148. The average molecular weight is 440 g/mol. The third-order valence-corrected chi connectivity index (χ3v) is 7.29. The Hall–Kier alpha value is -3.27. The van der Waals surface area contributed by atoms with Crippen molar-refractivity contribution in [3.8, 4) is 0 Å². The molecule has 0 spiro atoms. The summed E-state index contributed by atoms with van der Waals surface area (Å²) in [7, 11) is 2.19. The van der Waals surface area contributed by atoms with Gasteiger partial charge in [0.05, 0.1) is 28.2 Å². The smallest absolute Gasteiger partial charge is 0.311 e. The van der Waals surface area contributed by atoms with Crippen LogP contribution < -0.4 is 14.5 Å². The fourth-order valence-electron chi connectivity index (χ4n) is 6.05. The largest absolute Gasteiger partial charge is 0.320 e. The van der Waals surface area contributed by atoms with Crippen molar-refractivity contribution in [1.82, 2.24) is 4.68 Å². The first-order valence-corrected chi connectivity index (χ1v) is 12.0. The van der Waals surface area contributed by atoms with Crippen molar-refractivity contribution < 1.29 is 4.68 Å². The molecular formula is C29H35N4+. The van der Waals surface area contributed by atoms with Gasteiger partial charge in [0, 0.05) is 0 Å². The van der Waals surface area contributed by atoms with Gasteiger partial charge in [-0.2, -0.15) is 4.68 Å². The Labute approximate surface area is 197 Å². The number of hydrogen-bond acceptors (Lipinski definition) is 2. The van der Waals surface area contributed by atoms with E-state index in [4.69, 9.17) is 0 Å². The van der Waals surface area contributed by atoms with Crippen LogP contribution in [-0.2, 0) is 12.6 Å². The van der Waals surface area contributed by atoms with E-state index >= 15 is 0 Å². The van der Waals surface area contributed by atoms with Crippen LogP contribution >= 0.6 is 0 Å². The lowest BCUT2D eigenvalue weighted by molar-refractivity contribution is -0.741. The summed E-state index contributed by atoms with van der Waals surface area (Å²) in [6, 6.07) is 26.8. The molecule has 0 amide bonds. The Morgan fingerprint density at radius 1 is 0.848 bits per heavy atom. The van der Waals surface area contributed by atoms with Crippen LogP contribution in [-0.4, -0.2) is 10.8 Å². The number of nitrogens with zero attached hydrogens (tertiary/aromatic N) is 4. The molecule has 0 aliphatic carbocycles. The lowest BCUT2D eigenvalue weighted by atomic mass is 9.88. The first kappa shape index (κ1) is 21.6. The molecule has 0 bridgehead atoms. The number of benzene rings is 3. The first-order valence-electron chi connectivity index (χ1n) is 12.0. The predicted octanol–water partition coefficient (Wildman–Crippen LogP) is 6.59. The van der Waals surface area contributed by atoms with Gasteiger partial charge in [-0.1, -0.05) is 48.5 Å². The van der Waals surface area contributed by atoms with Gasteiger partial charge in [-0.15, -0.1) is 0 Å². The Morgan fingerprint density at radius 3 is 2.15 bits per heavy atom. The average Bonchev–Trinajstić information content (AvgIpc) is 3.23. The number of aromatic nitrogens is 2. The summed E-state index contributed by atoms with van der Waals surface area (Å²) in [6.45, 7) is 13.8. The molecule has 2 heterocycles. The molecule has 1 aromatic heterocycles. The third-order valence-electron chi connectivity index (χ3n) is 7.29. The Balaban J connectivity index is 1.75. The van der Waals surface area contributed by atoms with Gasteiger partial charge in [-0.25, -0.2) is 9.58 Å². The van der Waals surface area contributed by atoms with Crippen molar-refractivity contribution in [3.63, 3.8) is 0 Å². The zero-order valence-corrected chi connectivity index (χ0v) is 20.9. The Kier molecular flexibility index (Phi) is 5.00. The maximum absolute atomic E-state index is 2.59. The van der Waals surface area contributed by atoms with E-state index in [9.17, 15) is 0 Å². The number of hydrogen-bond donors (Lipinski definition) is 0. The monoisotopic (exact) mass is 439 g/mol. The fraction of sp³-hybridized carbons (Fsp3) is 0.345. The minimum Gasteiger partial charge on any atom is -0.320 e. The van der Waals surface area contributed by atoms with E-state index in [1.54, 1.807) is 0 Å². The van der Waals surface area contributed by atoms with E-state index in [1.165, 1.54) is 39.2 Å². The molecule has 170 valence electrons. The van der Waals surface area contributed by atoms with Crippen molar-refractivity contribution in [2.75, 3.05) is 9.80 Å². The molecule has 4 heteroatoms. The number of rotatable bonds is 4. The number of aryl methyl sites for hydroxylation is 1. The summed E-state index contributed by atoms with van der Waals surface area (Å²) in [5, 5.41) is 1.28. The second-order valence-electron chi connectivity index (χ2n) is 10.0. The number of fused-ring (bicyclic) bond motifs is 2. The minimum atomic E-state index is -0.176. The van der Waals surface area contributed by atoms with Crippen molar-refractivity contribution in [1.29, 1.82) is 0 Å². The Morgan fingerprint density at radius 2 is 1.45 bits per heavy atom. The maximum Gasteiger partial charge on any atom is 0.311 e. The van der Waals surface area contributed by atoms with E-state index in [2.05, 4.69) is 141 Å². The molecule has 0 N–H and O–H groups in total. The highest BCUT2D eigenvalue weighted by Gasteiger charge is 2.49.